The summed E-state index contributed by atoms with van der Waals surface area (Å²) in [5.41, 5.74) is -1.06. The molecule has 0 saturated carbocycles. The number of esters is 1. The Morgan fingerprint density at radius 3 is 2.44 bits per heavy atom. The molecule has 0 aliphatic carbocycles. The number of aryl methyl sites for hydroxylation is 1. The number of hydrogen-bond acceptors (Lipinski definition) is 6. The zero-order valence-corrected chi connectivity index (χ0v) is 18.5. The molecule has 2 aromatic carbocycles. The first-order valence-corrected chi connectivity index (χ1v) is 9.86. The van der Waals surface area contributed by atoms with Gasteiger partial charge in [0.2, 0.25) is 0 Å². The molecule has 0 amide bonds. The highest BCUT2D eigenvalue weighted by molar-refractivity contribution is 6.36. The maximum Gasteiger partial charge on any atom is 0.355 e. The van der Waals surface area contributed by atoms with Gasteiger partial charge in [-0.25, -0.2) is 14.2 Å². The molecule has 0 aliphatic rings. The van der Waals surface area contributed by atoms with E-state index >= 15 is 0 Å². The van der Waals surface area contributed by atoms with Crippen LogP contribution in [0.4, 0.5) is 8.78 Å². The Hall–Kier alpha value is -3.11. The van der Waals surface area contributed by atoms with Gasteiger partial charge >= 0.3 is 18.2 Å². The van der Waals surface area contributed by atoms with Crippen LogP contribution in [-0.4, -0.2) is 33.5 Å². The molecule has 1 atom stereocenters. The van der Waals surface area contributed by atoms with Gasteiger partial charge in [-0.05, 0) is 32.0 Å². The van der Waals surface area contributed by atoms with Crippen LogP contribution in [0.2, 0.25) is 10.0 Å². The summed E-state index contributed by atoms with van der Waals surface area (Å²) < 4.78 is 43.1. The number of benzene rings is 2. The average Bonchev–Trinajstić information content (AvgIpc) is 3.03. The number of carbonyl (C=O) groups is 1. The molecule has 1 heterocycles. The molecule has 12 heteroatoms. The van der Waals surface area contributed by atoms with Gasteiger partial charge in [-0.3, -0.25) is 0 Å². The van der Waals surface area contributed by atoms with Crippen molar-refractivity contribution in [3.8, 4) is 22.9 Å². The summed E-state index contributed by atoms with van der Waals surface area (Å²) >= 11 is 12.4. The van der Waals surface area contributed by atoms with E-state index in [1.54, 1.807) is 18.2 Å². The molecule has 0 saturated heterocycles. The second-order valence-electron chi connectivity index (χ2n) is 6.48. The summed E-state index contributed by atoms with van der Waals surface area (Å²) in [5.74, 6) is -0.0428. The standard InChI is InChI=1S/C20H17Cl2F2N3O5/c1-10(18(28)30-3)31-12-5-4-6-13(7-12)32-17-9-16(14(21)8-15(17)22)27-20(29)26(19(23)24)11(2)25-27/h4-10,19H,1-3H3. The quantitative estimate of drug-likeness (QED) is 0.446. The monoisotopic (exact) mass is 487 g/mol. The van der Waals surface area contributed by atoms with E-state index in [1.165, 1.54) is 39.2 Å². The topological polar surface area (TPSA) is 84.6 Å². The maximum atomic E-state index is 13.1. The third-order valence-electron chi connectivity index (χ3n) is 4.28. The van der Waals surface area contributed by atoms with Gasteiger partial charge in [-0.2, -0.15) is 13.5 Å². The number of hydrogen-bond donors (Lipinski definition) is 0. The average molecular weight is 488 g/mol. The van der Waals surface area contributed by atoms with Crippen LogP contribution in [0.3, 0.4) is 0 Å². The third kappa shape index (κ3) is 4.86. The van der Waals surface area contributed by atoms with Crippen molar-refractivity contribution in [2.45, 2.75) is 26.5 Å². The maximum absolute atomic E-state index is 13.1. The minimum Gasteiger partial charge on any atom is -0.479 e. The molecule has 0 bridgehead atoms. The van der Waals surface area contributed by atoms with Crippen LogP contribution in [0, 0.1) is 6.92 Å². The minimum absolute atomic E-state index is 0.00489. The third-order valence-corrected chi connectivity index (χ3v) is 4.88. The van der Waals surface area contributed by atoms with Crippen molar-refractivity contribution in [3.05, 3.63) is 62.8 Å². The first kappa shape index (κ1) is 23.6. The number of methoxy groups -OCH3 is 1. The van der Waals surface area contributed by atoms with Gasteiger partial charge in [-0.1, -0.05) is 29.3 Å². The Morgan fingerprint density at radius 1 is 1.12 bits per heavy atom. The second kappa shape index (κ2) is 9.58. The molecule has 3 aromatic rings. The predicted octanol–water partition coefficient (Wildman–Crippen LogP) is 4.78. The summed E-state index contributed by atoms with van der Waals surface area (Å²) in [6.07, 6.45) is -0.846. The Balaban J connectivity index is 1.95. The second-order valence-corrected chi connectivity index (χ2v) is 7.30. The Bertz CT molecular complexity index is 1210. The molecule has 1 unspecified atom stereocenters. The molecule has 1 aromatic heterocycles. The number of aromatic nitrogens is 3. The fourth-order valence-electron chi connectivity index (χ4n) is 2.77. The van der Waals surface area contributed by atoms with Gasteiger partial charge in [0, 0.05) is 12.1 Å². The number of ether oxygens (including phenoxy) is 3. The summed E-state index contributed by atoms with van der Waals surface area (Å²) in [4.78, 5) is 23.9. The largest absolute Gasteiger partial charge is 0.479 e. The van der Waals surface area contributed by atoms with Gasteiger partial charge in [0.05, 0.1) is 22.8 Å². The van der Waals surface area contributed by atoms with Crippen LogP contribution in [0.15, 0.2) is 41.2 Å². The van der Waals surface area contributed by atoms with Crippen molar-refractivity contribution in [2.75, 3.05) is 7.11 Å². The summed E-state index contributed by atoms with van der Waals surface area (Å²) in [6.45, 7) is -0.264. The highest BCUT2D eigenvalue weighted by Crippen LogP contribution is 2.36. The molecule has 0 N–H and O–H groups in total. The summed E-state index contributed by atoms with van der Waals surface area (Å²) in [6, 6.07) is 8.95. The lowest BCUT2D eigenvalue weighted by Gasteiger charge is -2.14. The predicted molar refractivity (Wildman–Crippen MR) is 112 cm³/mol. The minimum atomic E-state index is -3.06. The van der Waals surface area contributed by atoms with E-state index in [-0.39, 0.29) is 37.6 Å². The van der Waals surface area contributed by atoms with Crippen LogP contribution in [-0.2, 0) is 9.53 Å². The van der Waals surface area contributed by atoms with Gasteiger partial charge < -0.3 is 14.2 Å². The first-order chi connectivity index (χ1) is 15.1. The van der Waals surface area contributed by atoms with Crippen LogP contribution in [0.1, 0.15) is 19.3 Å². The number of carbonyl (C=O) groups excluding carboxylic acids is 1. The molecule has 0 radical (unpaired) electrons. The first-order valence-electron chi connectivity index (χ1n) is 9.10. The number of halogens is 4. The van der Waals surface area contributed by atoms with Gasteiger partial charge in [0.15, 0.2) is 6.10 Å². The molecule has 3 rings (SSSR count). The van der Waals surface area contributed by atoms with Crippen LogP contribution < -0.4 is 15.2 Å². The highest BCUT2D eigenvalue weighted by Gasteiger charge is 2.21. The summed E-state index contributed by atoms with van der Waals surface area (Å²) in [7, 11) is 1.25. The normalized spacial score (nSPS) is 12.0. The zero-order chi connectivity index (χ0) is 23.6. The lowest BCUT2D eigenvalue weighted by molar-refractivity contribution is -0.147. The fraction of sp³-hybridized carbons (Fsp3) is 0.250. The smallest absolute Gasteiger partial charge is 0.355 e. The highest BCUT2D eigenvalue weighted by atomic mass is 35.5. The number of alkyl halides is 2. The molecule has 170 valence electrons. The van der Waals surface area contributed by atoms with Crippen molar-refractivity contribution < 1.29 is 27.8 Å². The van der Waals surface area contributed by atoms with Crippen molar-refractivity contribution in [1.29, 1.82) is 0 Å². The van der Waals surface area contributed by atoms with Crippen molar-refractivity contribution >= 4 is 29.2 Å². The zero-order valence-electron chi connectivity index (χ0n) is 17.0. The van der Waals surface area contributed by atoms with E-state index < -0.39 is 24.3 Å². The van der Waals surface area contributed by atoms with Crippen molar-refractivity contribution in [3.63, 3.8) is 0 Å². The van der Waals surface area contributed by atoms with E-state index in [4.69, 9.17) is 32.7 Å². The van der Waals surface area contributed by atoms with Gasteiger partial charge in [0.25, 0.3) is 0 Å². The Labute approximate surface area is 190 Å². The van der Waals surface area contributed by atoms with Gasteiger partial charge in [-0.15, -0.1) is 5.10 Å². The van der Waals surface area contributed by atoms with E-state index in [2.05, 4.69) is 9.84 Å². The summed E-state index contributed by atoms with van der Waals surface area (Å²) in [5, 5.41) is 3.96. The lowest BCUT2D eigenvalue weighted by atomic mass is 10.3. The van der Waals surface area contributed by atoms with E-state index in [0.717, 1.165) is 4.68 Å². The molecular weight excluding hydrogens is 471 g/mol. The lowest BCUT2D eigenvalue weighted by Crippen LogP contribution is -2.25. The molecular formula is C20H17Cl2F2N3O5. The molecule has 0 aliphatic heterocycles. The molecule has 32 heavy (non-hydrogen) atoms. The van der Waals surface area contributed by atoms with Crippen molar-refractivity contribution in [2.24, 2.45) is 0 Å². The number of rotatable bonds is 7. The van der Waals surface area contributed by atoms with Crippen LogP contribution in [0.25, 0.3) is 5.69 Å². The van der Waals surface area contributed by atoms with Gasteiger partial charge in [0.1, 0.15) is 23.1 Å². The van der Waals surface area contributed by atoms with Crippen molar-refractivity contribution in [1.82, 2.24) is 14.3 Å². The van der Waals surface area contributed by atoms with Crippen LogP contribution in [0.5, 0.6) is 17.2 Å². The molecule has 0 spiro atoms. The van der Waals surface area contributed by atoms with E-state index in [1.807, 2.05) is 0 Å². The van der Waals surface area contributed by atoms with E-state index in [0.29, 0.717) is 5.75 Å². The number of nitrogens with zero attached hydrogens (tertiary/aromatic N) is 3. The SMILES string of the molecule is COC(=O)C(C)Oc1cccc(Oc2cc(-n3nc(C)n(C(F)F)c3=O)c(Cl)cc2Cl)c1. The Morgan fingerprint density at radius 2 is 1.81 bits per heavy atom. The molecule has 0 fully saturated rings. The molecule has 8 nitrogen and oxygen atoms in total. The van der Waals surface area contributed by atoms with E-state index in [9.17, 15) is 18.4 Å². The Kier molecular flexibility index (Phi) is 7.05. The fourth-order valence-corrected chi connectivity index (χ4v) is 3.27. The van der Waals surface area contributed by atoms with Crippen LogP contribution >= 0.6 is 23.2 Å².